The molecule has 2 aromatic carbocycles. The predicted octanol–water partition coefficient (Wildman–Crippen LogP) is 7.53. The summed E-state index contributed by atoms with van der Waals surface area (Å²) in [6.45, 7) is 6.07. The standard InChI is InChI=1S/C40H40Cl2N6O6/c1-40(2,3)54-39(52)48(22-26-12-14-34(49)46-26)21-24-11-13-31(47-38(24)53-4)29-9-5-7-27(36(29)41)28-8-6-10-30(37(28)42)33-16-32-25(19-45-33)15-23(18-44-32)17-43-20-35(50)51/h5-11,13,15-16,18-19,26,43H,12,14,17,20-22H2,1-4H3,(H,46,49)(H,50,51). The Labute approximate surface area is 322 Å². The van der Waals surface area contributed by atoms with Gasteiger partial charge in [0.25, 0.3) is 0 Å². The van der Waals surface area contributed by atoms with Gasteiger partial charge in [-0.15, -0.1) is 0 Å². The number of aromatic nitrogens is 3. The number of amides is 2. The molecule has 1 saturated heterocycles. The van der Waals surface area contributed by atoms with Gasteiger partial charge in [0.2, 0.25) is 11.8 Å². The quantitative estimate of drug-likeness (QED) is 0.116. The Morgan fingerprint density at radius 3 is 2.28 bits per heavy atom. The first-order valence-electron chi connectivity index (χ1n) is 17.4. The Bertz CT molecular complexity index is 2230. The molecule has 280 valence electrons. The number of carbonyl (C=O) groups excluding carboxylic acids is 2. The molecule has 3 N–H and O–H groups in total. The summed E-state index contributed by atoms with van der Waals surface area (Å²) in [6, 6.07) is 18.6. The zero-order valence-electron chi connectivity index (χ0n) is 30.3. The minimum Gasteiger partial charge on any atom is -0.481 e. The number of carboxylic acid groups (broad SMARTS) is 1. The van der Waals surface area contributed by atoms with Gasteiger partial charge in [0.1, 0.15) is 5.60 Å². The number of nitrogens with one attached hydrogen (secondary N) is 2. The first kappa shape index (κ1) is 38.4. The van der Waals surface area contributed by atoms with Crippen LogP contribution in [0, 0.1) is 0 Å². The first-order chi connectivity index (χ1) is 25.8. The van der Waals surface area contributed by atoms with Gasteiger partial charge in [-0.1, -0.05) is 59.6 Å². The van der Waals surface area contributed by atoms with Crippen LogP contribution in [0.3, 0.4) is 0 Å². The van der Waals surface area contributed by atoms with Gasteiger partial charge in [-0.25, -0.2) is 9.78 Å². The van der Waals surface area contributed by atoms with Gasteiger partial charge < -0.3 is 30.1 Å². The number of hydrogen-bond donors (Lipinski definition) is 3. The van der Waals surface area contributed by atoms with E-state index >= 15 is 0 Å². The molecule has 1 fully saturated rings. The second-order valence-electron chi connectivity index (χ2n) is 14.0. The van der Waals surface area contributed by atoms with Crippen molar-refractivity contribution in [2.75, 3.05) is 20.2 Å². The normalized spacial score (nSPS) is 14.2. The summed E-state index contributed by atoms with van der Waals surface area (Å²) in [5.41, 5.74) is 5.43. The highest BCUT2D eigenvalue weighted by molar-refractivity contribution is 6.39. The highest BCUT2D eigenvalue weighted by Gasteiger charge is 2.29. The molecule has 0 bridgehead atoms. The number of halogens is 2. The summed E-state index contributed by atoms with van der Waals surface area (Å²) < 4.78 is 11.4. The highest BCUT2D eigenvalue weighted by Crippen LogP contribution is 2.42. The number of rotatable bonds is 12. The molecule has 14 heteroatoms. The Morgan fingerprint density at radius 1 is 0.963 bits per heavy atom. The Kier molecular flexibility index (Phi) is 11.7. The molecule has 6 rings (SSSR count). The Hall–Kier alpha value is -5.30. The number of carbonyl (C=O) groups is 3. The van der Waals surface area contributed by atoms with Crippen molar-refractivity contribution in [2.45, 2.75) is 58.3 Å². The average Bonchev–Trinajstić information content (AvgIpc) is 3.55. The van der Waals surface area contributed by atoms with Crippen molar-refractivity contribution in [3.05, 3.63) is 94.2 Å². The molecular formula is C40H40Cl2N6O6. The van der Waals surface area contributed by atoms with Crippen LogP contribution in [0.4, 0.5) is 4.79 Å². The number of ether oxygens (including phenoxy) is 2. The van der Waals surface area contributed by atoms with Crippen LogP contribution < -0.4 is 15.4 Å². The predicted molar refractivity (Wildman–Crippen MR) is 207 cm³/mol. The van der Waals surface area contributed by atoms with Gasteiger partial charge in [-0.2, -0.15) is 0 Å². The Morgan fingerprint density at radius 2 is 1.65 bits per heavy atom. The van der Waals surface area contributed by atoms with Crippen LogP contribution in [-0.2, 0) is 27.4 Å². The van der Waals surface area contributed by atoms with Crippen molar-refractivity contribution in [3.63, 3.8) is 0 Å². The van der Waals surface area contributed by atoms with Gasteiger partial charge in [0.05, 0.1) is 47.1 Å². The zero-order chi connectivity index (χ0) is 38.6. The van der Waals surface area contributed by atoms with E-state index in [1.807, 2.05) is 60.7 Å². The number of methoxy groups -OCH3 is 1. The lowest BCUT2D eigenvalue weighted by atomic mass is 9.98. The summed E-state index contributed by atoms with van der Waals surface area (Å²) in [4.78, 5) is 51.6. The van der Waals surface area contributed by atoms with Crippen LogP contribution in [0.5, 0.6) is 5.88 Å². The van der Waals surface area contributed by atoms with E-state index < -0.39 is 17.7 Å². The monoisotopic (exact) mass is 770 g/mol. The summed E-state index contributed by atoms with van der Waals surface area (Å²) >= 11 is 14.2. The van der Waals surface area contributed by atoms with Crippen LogP contribution in [0.15, 0.2) is 73.1 Å². The summed E-state index contributed by atoms with van der Waals surface area (Å²) in [7, 11) is 1.52. The summed E-state index contributed by atoms with van der Waals surface area (Å²) in [5, 5.41) is 16.4. The molecule has 0 radical (unpaired) electrons. The maximum absolute atomic E-state index is 13.3. The fraction of sp³-hybridized carbons (Fsp3) is 0.300. The molecule has 12 nitrogen and oxygen atoms in total. The molecule has 54 heavy (non-hydrogen) atoms. The second kappa shape index (κ2) is 16.4. The van der Waals surface area contributed by atoms with Crippen LogP contribution in [-0.4, -0.2) is 74.8 Å². The maximum atomic E-state index is 13.3. The summed E-state index contributed by atoms with van der Waals surface area (Å²) in [5.74, 6) is -0.650. The van der Waals surface area contributed by atoms with E-state index in [2.05, 4.69) is 20.6 Å². The zero-order valence-corrected chi connectivity index (χ0v) is 31.8. The van der Waals surface area contributed by atoms with Crippen molar-refractivity contribution >= 4 is 52.1 Å². The van der Waals surface area contributed by atoms with Gasteiger partial charge in [0, 0.05) is 71.1 Å². The highest BCUT2D eigenvalue weighted by atomic mass is 35.5. The maximum Gasteiger partial charge on any atom is 0.410 e. The second-order valence-corrected chi connectivity index (χ2v) is 14.7. The van der Waals surface area contributed by atoms with Crippen molar-refractivity contribution in [3.8, 4) is 39.5 Å². The fourth-order valence-electron chi connectivity index (χ4n) is 6.23. The van der Waals surface area contributed by atoms with Crippen LogP contribution >= 0.6 is 23.2 Å². The van der Waals surface area contributed by atoms with Gasteiger partial charge in [0.15, 0.2) is 0 Å². The third kappa shape index (κ3) is 9.07. The lowest BCUT2D eigenvalue weighted by Gasteiger charge is -2.29. The number of benzene rings is 2. The van der Waals surface area contributed by atoms with Crippen molar-refractivity contribution in [1.82, 2.24) is 30.5 Å². The summed E-state index contributed by atoms with van der Waals surface area (Å²) in [6.07, 6.45) is 3.96. The molecule has 0 spiro atoms. The minimum absolute atomic E-state index is 0.0389. The largest absolute Gasteiger partial charge is 0.481 e. The van der Waals surface area contributed by atoms with E-state index in [1.165, 1.54) is 7.11 Å². The van der Waals surface area contributed by atoms with Crippen LogP contribution in [0.2, 0.25) is 10.0 Å². The molecule has 5 aromatic rings. The van der Waals surface area contributed by atoms with E-state index in [9.17, 15) is 14.4 Å². The third-order valence-corrected chi connectivity index (χ3v) is 9.55. The van der Waals surface area contributed by atoms with Gasteiger partial charge >= 0.3 is 12.1 Å². The van der Waals surface area contributed by atoms with E-state index in [0.717, 1.165) is 10.9 Å². The molecule has 3 aromatic heterocycles. The molecule has 1 aliphatic heterocycles. The van der Waals surface area contributed by atoms with Gasteiger partial charge in [-0.05, 0) is 57.0 Å². The van der Waals surface area contributed by atoms with E-state index in [1.54, 1.807) is 38.1 Å². The number of nitrogens with zero attached hydrogens (tertiary/aromatic N) is 4. The van der Waals surface area contributed by atoms with Crippen LogP contribution in [0.25, 0.3) is 44.5 Å². The number of hydrogen-bond acceptors (Lipinski definition) is 9. The molecule has 2 amide bonds. The molecule has 4 heterocycles. The molecule has 1 aliphatic rings. The first-order valence-corrected chi connectivity index (χ1v) is 18.1. The third-order valence-electron chi connectivity index (χ3n) is 8.74. The SMILES string of the molecule is COc1nc(-c2cccc(-c3cccc(-c4cc5ncc(CNCC(=O)O)cc5cn4)c3Cl)c2Cl)ccc1CN(CC1CCC(=O)N1)C(=O)OC(C)(C)C. The van der Waals surface area contributed by atoms with E-state index in [4.69, 9.17) is 42.8 Å². The topological polar surface area (TPSA) is 156 Å². The number of fused-ring (bicyclic) bond motifs is 1. The van der Waals surface area contributed by atoms with Crippen molar-refractivity contribution in [1.29, 1.82) is 0 Å². The smallest absolute Gasteiger partial charge is 0.410 e. The van der Waals surface area contributed by atoms with E-state index in [-0.39, 0.29) is 31.6 Å². The lowest BCUT2D eigenvalue weighted by Crippen LogP contribution is -2.43. The van der Waals surface area contributed by atoms with E-state index in [0.29, 0.717) is 80.0 Å². The molecule has 0 aliphatic carbocycles. The van der Waals surface area contributed by atoms with Crippen molar-refractivity contribution < 1.29 is 29.0 Å². The van der Waals surface area contributed by atoms with Crippen LogP contribution in [0.1, 0.15) is 44.7 Å². The number of carboxylic acids is 1. The van der Waals surface area contributed by atoms with Gasteiger partial charge in [-0.3, -0.25) is 19.6 Å². The molecule has 1 unspecified atom stereocenters. The lowest BCUT2D eigenvalue weighted by molar-refractivity contribution is -0.136. The molecule has 1 atom stereocenters. The fourth-order valence-corrected chi connectivity index (χ4v) is 6.88. The van der Waals surface area contributed by atoms with Crippen molar-refractivity contribution in [2.24, 2.45) is 0 Å². The average molecular weight is 772 g/mol. The number of aliphatic carboxylic acids is 1. The molecular weight excluding hydrogens is 731 g/mol. The molecule has 0 saturated carbocycles. The number of pyridine rings is 3. The Balaban J connectivity index is 1.27. The minimum atomic E-state index is -0.928.